The van der Waals surface area contributed by atoms with Crippen LogP contribution in [0.25, 0.3) is 11.0 Å². The first kappa shape index (κ1) is 19.9. The van der Waals surface area contributed by atoms with Crippen LogP contribution in [-0.4, -0.2) is 33.2 Å². The van der Waals surface area contributed by atoms with E-state index >= 15 is 0 Å². The maximum atomic E-state index is 12.9. The molecule has 6 heteroatoms. The monoisotopic (exact) mass is 380 g/mol. The van der Waals surface area contributed by atoms with Crippen LogP contribution in [0, 0.1) is 0 Å². The first-order valence-corrected chi connectivity index (χ1v) is 9.81. The normalized spacial score (nSPS) is 12.1. The first-order valence-electron chi connectivity index (χ1n) is 9.81. The SMILES string of the molecule is CCc1cccc(CC)c1NC(=O)Cn1c(NCC(C)O)nc2ccccc21. The quantitative estimate of drug-likeness (QED) is 0.558. The lowest BCUT2D eigenvalue weighted by molar-refractivity contribution is -0.116. The molecule has 3 rings (SSSR count). The van der Waals surface area contributed by atoms with Crippen LogP contribution in [-0.2, 0) is 24.2 Å². The highest BCUT2D eigenvalue weighted by atomic mass is 16.3. The van der Waals surface area contributed by atoms with Crippen LogP contribution in [0.2, 0.25) is 0 Å². The second kappa shape index (κ2) is 8.89. The minimum Gasteiger partial charge on any atom is -0.392 e. The molecule has 0 saturated heterocycles. The highest BCUT2D eigenvalue weighted by Crippen LogP contribution is 2.24. The number of carbonyl (C=O) groups excluding carboxylic acids is 1. The molecule has 3 aromatic rings. The van der Waals surface area contributed by atoms with E-state index in [-0.39, 0.29) is 12.5 Å². The summed E-state index contributed by atoms with van der Waals surface area (Å²) in [6.07, 6.45) is 1.21. The van der Waals surface area contributed by atoms with Crippen molar-refractivity contribution in [3.8, 4) is 0 Å². The molecule has 0 aliphatic heterocycles. The second-order valence-electron chi connectivity index (χ2n) is 6.95. The summed E-state index contributed by atoms with van der Waals surface area (Å²) in [7, 11) is 0. The van der Waals surface area contributed by atoms with Gasteiger partial charge in [-0.25, -0.2) is 4.98 Å². The Bertz CT molecular complexity index is 940. The third-order valence-corrected chi connectivity index (χ3v) is 4.78. The lowest BCUT2D eigenvalue weighted by Gasteiger charge is -2.16. The molecule has 1 heterocycles. The van der Waals surface area contributed by atoms with Crippen molar-refractivity contribution in [2.45, 2.75) is 46.3 Å². The summed E-state index contributed by atoms with van der Waals surface area (Å²) >= 11 is 0. The number of amides is 1. The molecule has 3 N–H and O–H groups in total. The molecule has 1 amide bonds. The van der Waals surface area contributed by atoms with E-state index in [9.17, 15) is 9.90 Å². The van der Waals surface area contributed by atoms with Gasteiger partial charge in [0.2, 0.25) is 11.9 Å². The number of carbonyl (C=O) groups is 1. The Kier molecular flexibility index (Phi) is 6.31. The van der Waals surface area contributed by atoms with Gasteiger partial charge in [-0.2, -0.15) is 0 Å². The Morgan fingerprint density at radius 2 is 1.79 bits per heavy atom. The van der Waals surface area contributed by atoms with Crippen LogP contribution in [0.15, 0.2) is 42.5 Å². The van der Waals surface area contributed by atoms with Gasteiger partial charge >= 0.3 is 0 Å². The van der Waals surface area contributed by atoms with E-state index in [1.807, 2.05) is 34.9 Å². The maximum Gasteiger partial charge on any atom is 0.244 e. The van der Waals surface area contributed by atoms with Gasteiger partial charge in [-0.1, -0.05) is 44.2 Å². The van der Waals surface area contributed by atoms with Crippen molar-refractivity contribution < 1.29 is 9.90 Å². The van der Waals surface area contributed by atoms with Gasteiger partial charge in [-0.05, 0) is 43.0 Å². The summed E-state index contributed by atoms with van der Waals surface area (Å²) in [5.41, 5.74) is 4.88. The molecule has 148 valence electrons. The number of para-hydroxylation sites is 3. The van der Waals surface area contributed by atoms with Gasteiger partial charge in [-0.3, -0.25) is 4.79 Å². The van der Waals surface area contributed by atoms with Crippen LogP contribution in [0.1, 0.15) is 31.9 Å². The first-order chi connectivity index (χ1) is 13.5. The third-order valence-electron chi connectivity index (χ3n) is 4.78. The van der Waals surface area contributed by atoms with Gasteiger partial charge in [0.05, 0.1) is 17.1 Å². The molecule has 2 aromatic carbocycles. The van der Waals surface area contributed by atoms with E-state index < -0.39 is 6.10 Å². The molecule has 0 fully saturated rings. The average molecular weight is 380 g/mol. The second-order valence-corrected chi connectivity index (χ2v) is 6.95. The van der Waals surface area contributed by atoms with Gasteiger partial charge in [0.1, 0.15) is 6.54 Å². The Morgan fingerprint density at radius 1 is 1.11 bits per heavy atom. The Balaban J connectivity index is 1.88. The van der Waals surface area contributed by atoms with Crippen molar-refractivity contribution in [1.29, 1.82) is 0 Å². The van der Waals surface area contributed by atoms with Crippen LogP contribution in [0.5, 0.6) is 0 Å². The summed E-state index contributed by atoms with van der Waals surface area (Å²) < 4.78 is 1.85. The highest BCUT2D eigenvalue weighted by molar-refractivity contribution is 5.93. The number of benzene rings is 2. The number of imidazole rings is 1. The summed E-state index contributed by atoms with van der Waals surface area (Å²) in [5, 5.41) is 15.8. The number of rotatable bonds is 8. The number of aliphatic hydroxyl groups is 1. The molecule has 6 nitrogen and oxygen atoms in total. The van der Waals surface area contributed by atoms with Crippen LogP contribution < -0.4 is 10.6 Å². The minimum absolute atomic E-state index is 0.0983. The number of nitrogens with zero attached hydrogens (tertiary/aromatic N) is 2. The van der Waals surface area contributed by atoms with Crippen molar-refractivity contribution in [1.82, 2.24) is 9.55 Å². The fourth-order valence-electron chi connectivity index (χ4n) is 3.34. The average Bonchev–Trinajstić information content (AvgIpc) is 3.04. The lowest BCUT2D eigenvalue weighted by atomic mass is 10.0. The Labute approximate surface area is 165 Å². The molecule has 0 saturated carbocycles. The summed E-state index contributed by atoms with van der Waals surface area (Å²) in [4.78, 5) is 17.5. The molecule has 28 heavy (non-hydrogen) atoms. The van der Waals surface area contributed by atoms with Crippen molar-refractivity contribution in [3.63, 3.8) is 0 Å². The topological polar surface area (TPSA) is 79.2 Å². The predicted octanol–water partition coefficient (Wildman–Crippen LogP) is 3.59. The molecule has 1 aromatic heterocycles. The molecule has 1 unspecified atom stereocenters. The molecule has 0 aliphatic carbocycles. The van der Waals surface area contributed by atoms with E-state index in [4.69, 9.17) is 0 Å². The largest absolute Gasteiger partial charge is 0.392 e. The molecule has 1 atom stereocenters. The van der Waals surface area contributed by atoms with Gasteiger partial charge < -0.3 is 20.3 Å². The number of aromatic nitrogens is 2. The molecule has 0 spiro atoms. The number of aryl methyl sites for hydroxylation is 2. The lowest BCUT2D eigenvalue weighted by Crippen LogP contribution is -2.23. The Hall–Kier alpha value is -2.86. The number of fused-ring (bicyclic) bond motifs is 1. The molecular weight excluding hydrogens is 352 g/mol. The minimum atomic E-state index is -0.509. The standard InChI is InChI=1S/C22H28N4O2/c1-4-16-9-8-10-17(5-2)21(16)25-20(28)14-26-19-12-7-6-11-18(19)24-22(26)23-13-15(3)27/h6-12,15,27H,4-5,13-14H2,1-3H3,(H,23,24)(H,25,28). The van der Waals surface area contributed by atoms with Crippen molar-refractivity contribution in [2.75, 3.05) is 17.2 Å². The highest BCUT2D eigenvalue weighted by Gasteiger charge is 2.16. The zero-order valence-electron chi connectivity index (χ0n) is 16.7. The van der Waals surface area contributed by atoms with E-state index in [1.54, 1.807) is 6.92 Å². The van der Waals surface area contributed by atoms with Gasteiger partial charge in [-0.15, -0.1) is 0 Å². The molecular formula is C22H28N4O2. The molecule has 0 aliphatic rings. The van der Waals surface area contributed by atoms with Crippen molar-refractivity contribution >= 4 is 28.6 Å². The van der Waals surface area contributed by atoms with Crippen molar-refractivity contribution in [2.24, 2.45) is 0 Å². The summed E-state index contributed by atoms with van der Waals surface area (Å²) in [6, 6.07) is 13.9. The van der Waals surface area contributed by atoms with E-state index in [1.165, 1.54) is 0 Å². The fraction of sp³-hybridized carbons (Fsp3) is 0.364. The number of aliphatic hydroxyl groups excluding tert-OH is 1. The van der Waals surface area contributed by atoms with Crippen LogP contribution in [0.3, 0.4) is 0 Å². The fourth-order valence-corrected chi connectivity index (χ4v) is 3.34. The molecule has 0 radical (unpaired) electrons. The van der Waals surface area contributed by atoms with E-state index in [2.05, 4.69) is 41.6 Å². The van der Waals surface area contributed by atoms with Gasteiger partial charge in [0, 0.05) is 12.2 Å². The van der Waals surface area contributed by atoms with Crippen LogP contribution in [0.4, 0.5) is 11.6 Å². The summed E-state index contributed by atoms with van der Waals surface area (Å²) in [6.45, 7) is 6.39. The van der Waals surface area contributed by atoms with Gasteiger partial charge in [0.15, 0.2) is 0 Å². The number of hydrogen-bond donors (Lipinski definition) is 3. The van der Waals surface area contributed by atoms with Crippen LogP contribution >= 0.6 is 0 Å². The zero-order chi connectivity index (χ0) is 20.1. The predicted molar refractivity (Wildman–Crippen MR) is 114 cm³/mol. The summed E-state index contributed by atoms with van der Waals surface area (Å²) in [5.74, 6) is 0.482. The van der Waals surface area contributed by atoms with Gasteiger partial charge in [0.25, 0.3) is 0 Å². The number of hydrogen-bond acceptors (Lipinski definition) is 4. The number of nitrogens with one attached hydrogen (secondary N) is 2. The maximum absolute atomic E-state index is 12.9. The smallest absolute Gasteiger partial charge is 0.244 e. The zero-order valence-corrected chi connectivity index (χ0v) is 16.7. The molecule has 0 bridgehead atoms. The van der Waals surface area contributed by atoms with E-state index in [0.29, 0.717) is 12.5 Å². The number of anilines is 2. The van der Waals surface area contributed by atoms with Crippen molar-refractivity contribution in [3.05, 3.63) is 53.6 Å². The Morgan fingerprint density at radius 3 is 2.43 bits per heavy atom. The van der Waals surface area contributed by atoms with E-state index in [0.717, 1.165) is 40.7 Å². The third kappa shape index (κ3) is 4.34.